The third-order valence-corrected chi connectivity index (χ3v) is 14.1. The second-order valence-corrected chi connectivity index (χ2v) is 18.8. The summed E-state index contributed by atoms with van der Waals surface area (Å²) in [5.41, 5.74) is 9.17. The highest BCUT2D eigenvalue weighted by molar-refractivity contribution is 5.92. The Morgan fingerprint density at radius 1 is 0.667 bits per heavy atom. The minimum Gasteiger partial charge on any atom is -0.497 e. The van der Waals surface area contributed by atoms with E-state index in [1.165, 1.54) is 12.1 Å². The van der Waals surface area contributed by atoms with E-state index in [2.05, 4.69) is 101 Å². The average molecular weight is 966 g/mol. The molecule has 0 aromatic heterocycles. The molecule has 10 heteroatoms. The lowest BCUT2D eigenvalue weighted by atomic mass is 9.77. The number of ether oxygens (including phenoxy) is 2. The van der Waals surface area contributed by atoms with Crippen molar-refractivity contribution in [1.29, 1.82) is 0 Å². The molecular formula is C62H64FN3O6. The van der Waals surface area contributed by atoms with E-state index < -0.39 is 23.6 Å². The summed E-state index contributed by atoms with van der Waals surface area (Å²) in [5, 5.41) is 19.7. The zero-order valence-corrected chi connectivity index (χ0v) is 41.1. The highest BCUT2D eigenvalue weighted by Crippen LogP contribution is 2.44. The fourth-order valence-corrected chi connectivity index (χ4v) is 10.2. The molecule has 1 aliphatic carbocycles. The van der Waals surface area contributed by atoms with Gasteiger partial charge in [-0.05, 0) is 125 Å². The van der Waals surface area contributed by atoms with E-state index in [9.17, 15) is 23.9 Å². The number of hydrogen-bond donors (Lipinski definition) is 4. The number of carbonyl (C=O) groups is 3. The zero-order valence-electron chi connectivity index (χ0n) is 41.1. The van der Waals surface area contributed by atoms with Crippen molar-refractivity contribution in [2.45, 2.75) is 76.0 Å². The van der Waals surface area contributed by atoms with E-state index in [1.54, 1.807) is 43.5 Å². The van der Waals surface area contributed by atoms with Crippen molar-refractivity contribution in [1.82, 2.24) is 10.6 Å². The summed E-state index contributed by atoms with van der Waals surface area (Å²) >= 11 is 0. The van der Waals surface area contributed by atoms with Crippen LogP contribution in [0.3, 0.4) is 0 Å². The molecule has 0 radical (unpaired) electrons. The van der Waals surface area contributed by atoms with Gasteiger partial charge < -0.3 is 25.2 Å². The number of anilines is 1. The lowest BCUT2D eigenvalue weighted by Crippen LogP contribution is -2.45. The van der Waals surface area contributed by atoms with E-state index in [0.717, 1.165) is 68.7 Å². The molecular weight excluding hydrogens is 902 g/mol. The molecule has 0 fully saturated rings. The molecule has 8 rings (SSSR count). The molecule has 0 saturated heterocycles. The second-order valence-electron chi connectivity index (χ2n) is 18.8. The number of benzene rings is 7. The number of aliphatic hydroxyl groups is 1. The summed E-state index contributed by atoms with van der Waals surface area (Å²) < 4.78 is 25.4. The Bertz CT molecular complexity index is 2770. The molecule has 0 saturated carbocycles. The normalized spacial score (nSPS) is 13.3. The Balaban J connectivity index is 0.933. The molecule has 1 unspecified atom stereocenters. The highest BCUT2D eigenvalue weighted by Gasteiger charge is 2.36. The van der Waals surface area contributed by atoms with Crippen LogP contribution in [0.1, 0.15) is 90.3 Å². The lowest BCUT2D eigenvalue weighted by molar-refractivity contribution is -0.123. The first-order valence-corrected chi connectivity index (χ1v) is 25.0. The van der Waals surface area contributed by atoms with Crippen LogP contribution in [0.2, 0.25) is 0 Å². The Labute approximate surface area is 422 Å². The van der Waals surface area contributed by atoms with Crippen LogP contribution >= 0.6 is 0 Å². The Morgan fingerprint density at radius 3 is 1.83 bits per heavy atom. The van der Waals surface area contributed by atoms with Crippen molar-refractivity contribution < 1.29 is 33.4 Å². The first kappa shape index (κ1) is 51.0. The number of alkyl carbamates (subject to hydrolysis) is 1. The first-order chi connectivity index (χ1) is 35.1. The summed E-state index contributed by atoms with van der Waals surface area (Å²) in [5.74, 6) is -0.509. The molecule has 3 atom stereocenters. The van der Waals surface area contributed by atoms with Gasteiger partial charge in [-0.25, -0.2) is 9.18 Å². The van der Waals surface area contributed by atoms with Crippen molar-refractivity contribution in [2.24, 2.45) is 11.8 Å². The number of ketones is 1. The van der Waals surface area contributed by atoms with E-state index in [-0.39, 0.29) is 55.4 Å². The maximum absolute atomic E-state index is 14.2. The number of unbranched alkanes of at least 4 members (excludes halogenated alkanes) is 1. The molecule has 0 aliphatic heterocycles. The number of carbonyl (C=O) groups excluding carboxylic acids is 3. The highest BCUT2D eigenvalue weighted by atomic mass is 19.1. The molecule has 9 nitrogen and oxygen atoms in total. The molecule has 0 bridgehead atoms. The van der Waals surface area contributed by atoms with Gasteiger partial charge in [0.25, 0.3) is 0 Å². The summed E-state index contributed by atoms with van der Waals surface area (Å²) in [6, 6.07) is 57.8. The number of hydrogen-bond acceptors (Lipinski definition) is 7. The topological polar surface area (TPSA) is 126 Å². The van der Waals surface area contributed by atoms with Crippen LogP contribution in [0, 0.1) is 17.7 Å². The SMILES string of the molecule is COc1ccc(C(NCCCC[C@@H](C(=O)Nc2ccc(CO)cc2)C(C)CCC(=O)C[C@H](Cc2ccc(F)cc2)NC(=O)OCC2c3ccccc3-c3ccccc32)(c2ccccc2)c2ccccc2)cc1. The predicted molar refractivity (Wildman–Crippen MR) is 282 cm³/mol. The lowest BCUT2D eigenvalue weighted by Gasteiger charge is -2.37. The Hall–Kier alpha value is -7.40. The minimum atomic E-state index is -0.672. The van der Waals surface area contributed by atoms with Crippen molar-refractivity contribution >= 4 is 23.5 Å². The van der Waals surface area contributed by atoms with Gasteiger partial charge in [-0.2, -0.15) is 0 Å². The smallest absolute Gasteiger partial charge is 0.407 e. The number of fused-ring (bicyclic) bond motifs is 3. The van der Waals surface area contributed by atoms with Crippen molar-refractivity contribution in [3.05, 3.63) is 227 Å². The van der Waals surface area contributed by atoms with Gasteiger partial charge in [-0.3, -0.25) is 14.9 Å². The van der Waals surface area contributed by atoms with Crippen LogP contribution in [0.15, 0.2) is 182 Å². The number of rotatable bonds is 24. The number of halogens is 1. The number of Topliss-reactive ketones (excluding diaryl/α,β-unsaturated/α-hetero) is 1. The summed E-state index contributed by atoms with van der Waals surface area (Å²) in [7, 11) is 1.66. The van der Waals surface area contributed by atoms with Crippen LogP contribution in [-0.4, -0.2) is 49.2 Å². The molecule has 7 aromatic carbocycles. The summed E-state index contributed by atoms with van der Waals surface area (Å²) in [6.45, 7) is 2.69. The minimum absolute atomic E-state index is 0.0345. The molecule has 1 aliphatic rings. The third-order valence-electron chi connectivity index (χ3n) is 14.1. The van der Waals surface area contributed by atoms with Gasteiger partial charge in [0.05, 0.1) is 19.3 Å². The molecule has 0 spiro atoms. The summed E-state index contributed by atoms with van der Waals surface area (Å²) in [6.07, 6.45) is 2.44. The number of aliphatic hydroxyl groups excluding tert-OH is 1. The standard InChI is InChI=1S/C62H64FN3O6/c1-43(24-35-52(68)40-51(39-44-25-31-49(63)32-26-44)66-61(70)72-42-59-57-22-11-9-20-55(57)56-21-10-12-23-58(56)59)54(60(69)65-50-33-27-45(41-67)28-34-50)19-13-14-38-64-62(46-15-5-3-6-16-46,47-17-7-4-8-18-47)48-29-36-53(71-2)37-30-48/h3-12,15-18,20-23,25-34,36-37,43,51,54,59,64,67H,13-14,19,24,35,38-42H2,1-2H3,(H,65,69)(H,66,70)/t43?,51-,54+/m0/s1. The molecule has 370 valence electrons. The zero-order chi connectivity index (χ0) is 50.3. The van der Waals surface area contributed by atoms with E-state index in [0.29, 0.717) is 31.5 Å². The fraction of sp³-hybridized carbons (Fsp3) is 0.274. The van der Waals surface area contributed by atoms with Gasteiger partial charge in [0.1, 0.15) is 24.0 Å². The first-order valence-electron chi connectivity index (χ1n) is 25.0. The van der Waals surface area contributed by atoms with Crippen LogP contribution in [-0.2, 0) is 32.9 Å². The molecule has 0 heterocycles. The van der Waals surface area contributed by atoms with E-state index in [1.807, 2.05) is 55.5 Å². The number of amides is 2. The Kier molecular flexibility index (Phi) is 17.4. The maximum atomic E-state index is 14.2. The fourth-order valence-electron chi connectivity index (χ4n) is 10.2. The van der Waals surface area contributed by atoms with Gasteiger partial charge in [0.15, 0.2) is 0 Å². The number of methoxy groups -OCH3 is 1. The quantitative estimate of drug-likeness (QED) is 0.0351. The third kappa shape index (κ3) is 12.5. The van der Waals surface area contributed by atoms with Gasteiger partial charge in [0.2, 0.25) is 5.91 Å². The van der Waals surface area contributed by atoms with Gasteiger partial charge in [0, 0.05) is 36.4 Å². The molecule has 72 heavy (non-hydrogen) atoms. The summed E-state index contributed by atoms with van der Waals surface area (Å²) in [4.78, 5) is 41.8. The molecule has 2 amide bonds. The van der Waals surface area contributed by atoms with Crippen LogP contribution < -0.4 is 20.7 Å². The van der Waals surface area contributed by atoms with Gasteiger partial charge >= 0.3 is 6.09 Å². The van der Waals surface area contributed by atoms with E-state index >= 15 is 0 Å². The van der Waals surface area contributed by atoms with Crippen molar-refractivity contribution in [3.8, 4) is 16.9 Å². The van der Waals surface area contributed by atoms with Crippen LogP contribution in [0.5, 0.6) is 5.75 Å². The second kappa shape index (κ2) is 24.6. The van der Waals surface area contributed by atoms with Gasteiger partial charge in [-0.1, -0.05) is 159 Å². The average Bonchev–Trinajstić information content (AvgIpc) is 3.74. The van der Waals surface area contributed by atoms with Crippen LogP contribution in [0.25, 0.3) is 11.1 Å². The monoisotopic (exact) mass is 965 g/mol. The van der Waals surface area contributed by atoms with Crippen molar-refractivity contribution in [2.75, 3.05) is 25.6 Å². The maximum Gasteiger partial charge on any atom is 0.407 e. The van der Waals surface area contributed by atoms with Crippen LogP contribution in [0.4, 0.5) is 14.9 Å². The molecule has 4 N–H and O–H groups in total. The van der Waals surface area contributed by atoms with E-state index in [4.69, 9.17) is 9.47 Å². The number of nitrogens with one attached hydrogen (secondary N) is 3. The van der Waals surface area contributed by atoms with Crippen molar-refractivity contribution in [3.63, 3.8) is 0 Å². The molecule has 7 aromatic rings. The van der Waals surface area contributed by atoms with Gasteiger partial charge in [-0.15, -0.1) is 0 Å². The Morgan fingerprint density at radius 2 is 1.24 bits per heavy atom. The largest absolute Gasteiger partial charge is 0.497 e. The predicted octanol–water partition coefficient (Wildman–Crippen LogP) is 12.2.